The van der Waals surface area contributed by atoms with E-state index in [1.807, 2.05) is 36.4 Å². The number of nitriles is 1. The molecule has 148 valence electrons. The zero-order chi connectivity index (χ0) is 20.4. The Morgan fingerprint density at radius 3 is 2.45 bits per heavy atom. The van der Waals surface area contributed by atoms with Crippen molar-refractivity contribution < 1.29 is 18.7 Å². The molecule has 4 rings (SSSR count). The number of benzene rings is 2. The summed E-state index contributed by atoms with van der Waals surface area (Å²) in [5, 5.41) is 9.24. The highest BCUT2D eigenvalue weighted by Gasteiger charge is 2.46. The second-order valence-corrected chi connectivity index (χ2v) is 7.67. The number of carbonyl (C=O) groups is 2. The number of ether oxygens (including phenoxy) is 1. The van der Waals surface area contributed by atoms with Gasteiger partial charge in [0.1, 0.15) is 12.4 Å². The molecule has 0 saturated carbocycles. The van der Waals surface area contributed by atoms with E-state index in [4.69, 9.17) is 4.74 Å². The van der Waals surface area contributed by atoms with E-state index < -0.39 is 5.82 Å². The highest BCUT2D eigenvalue weighted by atomic mass is 19.1. The Labute approximate surface area is 168 Å². The van der Waals surface area contributed by atoms with E-state index in [1.54, 1.807) is 4.90 Å². The van der Waals surface area contributed by atoms with Gasteiger partial charge in [-0.3, -0.25) is 4.79 Å². The summed E-state index contributed by atoms with van der Waals surface area (Å²) in [4.78, 5) is 27.4. The van der Waals surface area contributed by atoms with Gasteiger partial charge in [0.05, 0.1) is 11.6 Å². The molecule has 2 aliphatic rings. The van der Waals surface area contributed by atoms with Gasteiger partial charge in [-0.05, 0) is 49.4 Å². The Hall–Kier alpha value is -3.20. The lowest BCUT2D eigenvalue weighted by atomic mass is 9.84. The number of nitrogens with zero attached hydrogens (tertiary/aromatic N) is 2. The average molecular weight is 392 g/mol. The fourth-order valence-corrected chi connectivity index (χ4v) is 4.53. The summed E-state index contributed by atoms with van der Waals surface area (Å²) in [6.07, 6.45) is 2.41. The number of amides is 1. The van der Waals surface area contributed by atoms with Crippen LogP contribution in [0.1, 0.15) is 47.2 Å². The summed E-state index contributed by atoms with van der Waals surface area (Å²) in [5.41, 5.74) is 1.25. The molecule has 2 aromatic rings. The predicted molar refractivity (Wildman–Crippen MR) is 103 cm³/mol. The van der Waals surface area contributed by atoms with Crippen LogP contribution in [0.5, 0.6) is 0 Å². The molecule has 29 heavy (non-hydrogen) atoms. The number of piperidine rings is 1. The third kappa shape index (κ3) is 3.86. The zero-order valence-corrected chi connectivity index (χ0v) is 15.9. The van der Waals surface area contributed by atoms with Crippen LogP contribution in [-0.4, -0.2) is 28.9 Å². The molecule has 2 aromatic carbocycles. The molecular weight excluding hydrogens is 371 g/mol. The molecule has 2 saturated heterocycles. The maximum atomic E-state index is 13.4. The minimum absolute atomic E-state index is 0.0445. The Bertz CT molecular complexity index is 956. The largest absolute Gasteiger partial charge is 0.445 e. The monoisotopic (exact) mass is 392 g/mol. The second kappa shape index (κ2) is 8.04. The van der Waals surface area contributed by atoms with E-state index in [2.05, 4.69) is 0 Å². The van der Waals surface area contributed by atoms with E-state index in [-0.39, 0.29) is 47.6 Å². The summed E-state index contributed by atoms with van der Waals surface area (Å²) in [5.74, 6) is -0.951. The van der Waals surface area contributed by atoms with E-state index in [1.165, 1.54) is 12.1 Å². The summed E-state index contributed by atoms with van der Waals surface area (Å²) >= 11 is 0. The van der Waals surface area contributed by atoms with Gasteiger partial charge in [-0.15, -0.1) is 0 Å². The summed E-state index contributed by atoms with van der Waals surface area (Å²) < 4.78 is 18.9. The molecule has 0 aromatic heterocycles. The standard InChI is InChI=1S/C23H21FN2O3/c24-18-6-9-21(17(10-18)13-25)22(27)16-11-19-7-8-20(12-16)26(19)23(28)29-14-15-4-2-1-3-5-15/h1-6,9-10,16,19-20H,7-8,11-12,14H2. The molecule has 2 fully saturated rings. The zero-order valence-electron chi connectivity index (χ0n) is 15.9. The van der Waals surface area contributed by atoms with Crippen molar-refractivity contribution in [3.8, 4) is 6.07 Å². The van der Waals surface area contributed by atoms with Crippen molar-refractivity contribution in [2.24, 2.45) is 5.92 Å². The maximum absolute atomic E-state index is 13.4. The van der Waals surface area contributed by atoms with Crippen molar-refractivity contribution in [1.82, 2.24) is 4.90 Å². The maximum Gasteiger partial charge on any atom is 0.410 e. The third-order valence-corrected chi connectivity index (χ3v) is 5.89. The van der Waals surface area contributed by atoms with Crippen molar-refractivity contribution in [3.63, 3.8) is 0 Å². The highest BCUT2D eigenvalue weighted by Crippen LogP contribution is 2.40. The van der Waals surface area contributed by atoms with Crippen molar-refractivity contribution in [2.75, 3.05) is 0 Å². The first-order chi connectivity index (χ1) is 14.1. The van der Waals surface area contributed by atoms with E-state index >= 15 is 0 Å². The minimum atomic E-state index is -0.533. The Kier molecular flexibility index (Phi) is 5.30. The van der Waals surface area contributed by atoms with Crippen LogP contribution in [0.25, 0.3) is 0 Å². The van der Waals surface area contributed by atoms with Gasteiger partial charge < -0.3 is 9.64 Å². The molecule has 0 N–H and O–H groups in total. The first-order valence-electron chi connectivity index (χ1n) is 9.79. The molecule has 5 nitrogen and oxygen atoms in total. The number of hydrogen-bond donors (Lipinski definition) is 0. The average Bonchev–Trinajstić information content (AvgIpc) is 3.01. The fourth-order valence-electron chi connectivity index (χ4n) is 4.53. The number of fused-ring (bicyclic) bond motifs is 2. The Morgan fingerprint density at radius 1 is 1.10 bits per heavy atom. The van der Waals surface area contributed by atoms with Crippen molar-refractivity contribution in [3.05, 3.63) is 71.0 Å². The number of ketones is 1. The highest BCUT2D eigenvalue weighted by molar-refractivity contribution is 6.00. The van der Waals surface area contributed by atoms with Crippen LogP contribution in [0.2, 0.25) is 0 Å². The number of halogens is 1. The molecule has 0 spiro atoms. The van der Waals surface area contributed by atoms with Gasteiger partial charge in [0.15, 0.2) is 5.78 Å². The van der Waals surface area contributed by atoms with Crippen LogP contribution in [0.4, 0.5) is 9.18 Å². The second-order valence-electron chi connectivity index (χ2n) is 7.67. The van der Waals surface area contributed by atoms with Crippen LogP contribution in [0.15, 0.2) is 48.5 Å². The van der Waals surface area contributed by atoms with E-state index in [0.29, 0.717) is 12.8 Å². The lowest BCUT2D eigenvalue weighted by Gasteiger charge is -2.37. The predicted octanol–water partition coefficient (Wildman–Crippen LogP) is 4.46. The summed E-state index contributed by atoms with van der Waals surface area (Å²) in [6.45, 7) is 0.221. The molecule has 0 radical (unpaired) electrons. The molecule has 2 atom stereocenters. The fraction of sp³-hybridized carbons (Fsp3) is 0.348. The third-order valence-electron chi connectivity index (χ3n) is 5.89. The summed E-state index contributed by atoms with van der Waals surface area (Å²) in [6, 6.07) is 15.0. The van der Waals surface area contributed by atoms with Gasteiger partial charge in [0.2, 0.25) is 0 Å². The Morgan fingerprint density at radius 2 is 1.79 bits per heavy atom. The first kappa shape index (κ1) is 19.1. The number of Topliss-reactive ketones (excluding diaryl/α,β-unsaturated/α-hetero) is 1. The van der Waals surface area contributed by atoms with E-state index in [9.17, 15) is 19.2 Å². The minimum Gasteiger partial charge on any atom is -0.445 e. The molecule has 2 heterocycles. The van der Waals surface area contributed by atoms with Gasteiger partial charge in [-0.2, -0.15) is 5.26 Å². The van der Waals surface area contributed by atoms with Crippen molar-refractivity contribution >= 4 is 11.9 Å². The smallest absolute Gasteiger partial charge is 0.410 e. The van der Waals surface area contributed by atoms with Crippen LogP contribution in [0, 0.1) is 23.1 Å². The molecular formula is C23H21FN2O3. The number of rotatable bonds is 4. The van der Waals surface area contributed by atoms with Crippen molar-refractivity contribution in [2.45, 2.75) is 44.4 Å². The van der Waals surface area contributed by atoms with Gasteiger partial charge in [0, 0.05) is 23.6 Å². The van der Waals surface area contributed by atoms with Crippen LogP contribution in [0.3, 0.4) is 0 Å². The van der Waals surface area contributed by atoms with Gasteiger partial charge >= 0.3 is 6.09 Å². The molecule has 2 aliphatic heterocycles. The normalized spacial score (nSPS) is 22.8. The van der Waals surface area contributed by atoms with Crippen LogP contribution in [-0.2, 0) is 11.3 Å². The number of carbonyl (C=O) groups excluding carboxylic acids is 2. The molecule has 2 unspecified atom stereocenters. The van der Waals surface area contributed by atoms with E-state index in [0.717, 1.165) is 24.5 Å². The van der Waals surface area contributed by atoms with Crippen LogP contribution >= 0.6 is 0 Å². The SMILES string of the molecule is N#Cc1cc(F)ccc1C(=O)C1CC2CCC(C1)N2C(=O)OCc1ccccc1. The Balaban J connectivity index is 1.43. The summed E-state index contributed by atoms with van der Waals surface area (Å²) in [7, 11) is 0. The molecule has 2 bridgehead atoms. The lowest BCUT2D eigenvalue weighted by Crippen LogP contribution is -2.48. The van der Waals surface area contributed by atoms with Crippen molar-refractivity contribution in [1.29, 1.82) is 5.26 Å². The molecule has 6 heteroatoms. The molecule has 0 aliphatic carbocycles. The van der Waals surface area contributed by atoms with Gasteiger partial charge in [-0.1, -0.05) is 30.3 Å². The number of hydrogen-bond acceptors (Lipinski definition) is 4. The molecule has 1 amide bonds. The topological polar surface area (TPSA) is 70.4 Å². The quantitative estimate of drug-likeness (QED) is 0.721. The first-order valence-corrected chi connectivity index (χ1v) is 9.79. The van der Waals surface area contributed by atoms with Gasteiger partial charge in [-0.25, -0.2) is 9.18 Å². The van der Waals surface area contributed by atoms with Gasteiger partial charge in [0.25, 0.3) is 0 Å². The lowest BCUT2D eigenvalue weighted by molar-refractivity contribution is 0.0485. The van der Waals surface area contributed by atoms with Crippen LogP contribution < -0.4 is 0 Å².